The smallest absolute Gasteiger partial charge is 0.181 e. The molecule has 0 fully saturated rings. The molecule has 0 atom stereocenters. The Hall–Kier alpha value is -1.26. The molecule has 0 amide bonds. The molecule has 0 aliphatic heterocycles. The van der Waals surface area contributed by atoms with Crippen LogP contribution in [-0.2, 0) is 6.54 Å². The van der Waals surface area contributed by atoms with Crippen LogP contribution in [0.1, 0.15) is 5.69 Å². The molecule has 16 heavy (non-hydrogen) atoms. The molecule has 0 saturated heterocycles. The second-order valence-corrected chi connectivity index (χ2v) is 4.27. The molecule has 0 radical (unpaired) electrons. The lowest BCUT2D eigenvalue weighted by Crippen LogP contribution is -2.06. The molecule has 0 unspecified atom stereocenters. The lowest BCUT2D eigenvalue weighted by atomic mass is 10.1. The Labute approximate surface area is 99.3 Å². The summed E-state index contributed by atoms with van der Waals surface area (Å²) >= 11 is 1.73. The fourth-order valence-corrected chi connectivity index (χ4v) is 1.95. The molecule has 0 spiro atoms. The van der Waals surface area contributed by atoms with Gasteiger partial charge in [0.2, 0.25) is 0 Å². The monoisotopic (exact) mass is 234 g/mol. The van der Waals surface area contributed by atoms with Gasteiger partial charge in [-0.3, -0.25) is 0 Å². The Kier molecular flexibility index (Phi) is 3.64. The van der Waals surface area contributed by atoms with Crippen molar-refractivity contribution in [3.8, 4) is 11.3 Å². The third-order valence-corrected chi connectivity index (χ3v) is 3.08. The summed E-state index contributed by atoms with van der Waals surface area (Å²) < 4.78 is 5.42. The maximum Gasteiger partial charge on any atom is 0.181 e. The van der Waals surface area contributed by atoms with Gasteiger partial charge in [-0.05, 0) is 25.4 Å². The molecule has 0 saturated carbocycles. The molecule has 2 rings (SSSR count). The summed E-state index contributed by atoms with van der Waals surface area (Å²) in [6, 6.07) is 8.30. The molecule has 0 bridgehead atoms. The van der Waals surface area contributed by atoms with Crippen molar-refractivity contribution in [2.24, 2.45) is 0 Å². The molecule has 0 aliphatic rings. The van der Waals surface area contributed by atoms with E-state index in [1.54, 1.807) is 11.8 Å². The highest BCUT2D eigenvalue weighted by Gasteiger charge is 2.09. The first kappa shape index (κ1) is 11.2. The van der Waals surface area contributed by atoms with Gasteiger partial charge >= 0.3 is 0 Å². The maximum atomic E-state index is 5.42. The van der Waals surface area contributed by atoms with Crippen LogP contribution in [0.3, 0.4) is 0 Å². The number of rotatable bonds is 4. The summed E-state index contributed by atoms with van der Waals surface area (Å²) in [5.74, 6) is 0.849. The van der Waals surface area contributed by atoms with Crippen LogP contribution in [-0.4, -0.2) is 18.3 Å². The van der Waals surface area contributed by atoms with Gasteiger partial charge in [0.05, 0.1) is 0 Å². The zero-order valence-corrected chi connectivity index (χ0v) is 10.2. The van der Waals surface area contributed by atoms with Crippen molar-refractivity contribution in [1.82, 2.24) is 10.3 Å². The highest BCUT2D eigenvalue weighted by atomic mass is 32.2. The summed E-state index contributed by atoms with van der Waals surface area (Å²) in [5, 5.41) is 3.08. The predicted molar refractivity (Wildman–Crippen MR) is 66.5 cm³/mol. The third-order valence-electron chi connectivity index (χ3n) is 2.34. The number of thioether (sulfide) groups is 1. The van der Waals surface area contributed by atoms with Crippen LogP contribution in [0.25, 0.3) is 11.3 Å². The highest BCUT2D eigenvalue weighted by Crippen LogP contribution is 2.25. The molecule has 1 aromatic carbocycles. The van der Waals surface area contributed by atoms with Crippen LogP contribution < -0.4 is 5.32 Å². The first-order chi connectivity index (χ1) is 7.85. The molecule has 2 aromatic rings. The molecular weight excluding hydrogens is 220 g/mol. The van der Waals surface area contributed by atoms with Crippen molar-refractivity contribution in [3.05, 3.63) is 36.4 Å². The minimum atomic E-state index is 0.718. The van der Waals surface area contributed by atoms with Gasteiger partial charge in [-0.1, -0.05) is 12.1 Å². The number of nitrogens with one attached hydrogen (secondary N) is 1. The van der Waals surface area contributed by atoms with Crippen LogP contribution in [0.4, 0.5) is 0 Å². The van der Waals surface area contributed by atoms with Gasteiger partial charge in [-0.15, -0.1) is 11.8 Å². The quantitative estimate of drug-likeness (QED) is 0.825. The van der Waals surface area contributed by atoms with Crippen molar-refractivity contribution < 1.29 is 4.42 Å². The number of aromatic nitrogens is 1. The number of hydrogen-bond acceptors (Lipinski definition) is 4. The fourth-order valence-electron chi connectivity index (χ4n) is 1.54. The Bertz CT molecular complexity index is 450. The van der Waals surface area contributed by atoms with Gasteiger partial charge in [0.1, 0.15) is 5.69 Å². The first-order valence-electron chi connectivity index (χ1n) is 5.06. The molecule has 1 heterocycles. The molecule has 1 N–H and O–H groups in total. The van der Waals surface area contributed by atoms with E-state index in [1.165, 1.54) is 11.3 Å². The second kappa shape index (κ2) is 5.18. The summed E-state index contributed by atoms with van der Waals surface area (Å²) in [5.41, 5.74) is 2.01. The zero-order chi connectivity index (χ0) is 11.4. The van der Waals surface area contributed by atoms with Gasteiger partial charge in [-0.25, -0.2) is 4.98 Å². The van der Waals surface area contributed by atoms with E-state index < -0.39 is 0 Å². The second-order valence-electron chi connectivity index (χ2n) is 3.39. The van der Waals surface area contributed by atoms with Crippen LogP contribution in [0, 0.1) is 0 Å². The topological polar surface area (TPSA) is 38.1 Å². The minimum Gasteiger partial charge on any atom is -0.443 e. The summed E-state index contributed by atoms with van der Waals surface area (Å²) in [7, 11) is 1.90. The highest BCUT2D eigenvalue weighted by molar-refractivity contribution is 7.98. The van der Waals surface area contributed by atoms with E-state index in [2.05, 4.69) is 40.8 Å². The first-order valence-corrected chi connectivity index (χ1v) is 6.29. The number of nitrogens with zero attached hydrogens (tertiary/aromatic N) is 1. The van der Waals surface area contributed by atoms with Crippen molar-refractivity contribution >= 4 is 11.8 Å². The van der Waals surface area contributed by atoms with Crippen molar-refractivity contribution in [3.63, 3.8) is 0 Å². The van der Waals surface area contributed by atoms with E-state index in [0.717, 1.165) is 23.6 Å². The Morgan fingerprint density at radius 2 is 2.06 bits per heavy atom. The number of hydrogen-bond donors (Lipinski definition) is 1. The lowest BCUT2D eigenvalue weighted by Gasteiger charge is -2.01. The van der Waals surface area contributed by atoms with Gasteiger partial charge in [0, 0.05) is 17.0 Å². The van der Waals surface area contributed by atoms with E-state index in [4.69, 9.17) is 4.42 Å². The Morgan fingerprint density at radius 1 is 1.31 bits per heavy atom. The van der Waals surface area contributed by atoms with E-state index in [9.17, 15) is 0 Å². The lowest BCUT2D eigenvalue weighted by molar-refractivity contribution is 0.570. The SMILES string of the molecule is CNCc1ncoc1-c1ccc(SC)cc1. The van der Waals surface area contributed by atoms with E-state index in [1.807, 2.05) is 7.05 Å². The predicted octanol–water partition coefficient (Wildman–Crippen LogP) is 2.78. The van der Waals surface area contributed by atoms with Crippen molar-refractivity contribution in [2.45, 2.75) is 11.4 Å². The average molecular weight is 234 g/mol. The van der Waals surface area contributed by atoms with Crippen LogP contribution in [0.2, 0.25) is 0 Å². The van der Waals surface area contributed by atoms with Gasteiger partial charge in [-0.2, -0.15) is 0 Å². The third kappa shape index (κ3) is 2.28. The fraction of sp³-hybridized carbons (Fsp3) is 0.250. The largest absolute Gasteiger partial charge is 0.443 e. The molecule has 84 valence electrons. The maximum absolute atomic E-state index is 5.42. The summed E-state index contributed by atoms with van der Waals surface area (Å²) in [6.45, 7) is 0.718. The average Bonchev–Trinajstić information content (AvgIpc) is 2.78. The Morgan fingerprint density at radius 3 is 2.69 bits per heavy atom. The van der Waals surface area contributed by atoms with Crippen molar-refractivity contribution in [1.29, 1.82) is 0 Å². The molecule has 1 aromatic heterocycles. The molecular formula is C12H14N2OS. The molecule has 0 aliphatic carbocycles. The van der Waals surface area contributed by atoms with E-state index in [-0.39, 0.29) is 0 Å². The minimum absolute atomic E-state index is 0.718. The normalized spacial score (nSPS) is 10.6. The Balaban J connectivity index is 2.31. The summed E-state index contributed by atoms with van der Waals surface area (Å²) in [6.07, 6.45) is 3.56. The van der Waals surface area contributed by atoms with Crippen LogP contribution in [0.5, 0.6) is 0 Å². The van der Waals surface area contributed by atoms with Gasteiger partial charge < -0.3 is 9.73 Å². The van der Waals surface area contributed by atoms with Gasteiger partial charge in [0.25, 0.3) is 0 Å². The zero-order valence-electron chi connectivity index (χ0n) is 9.36. The molecule has 4 heteroatoms. The summed E-state index contributed by atoms with van der Waals surface area (Å²) in [4.78, 5) is 5.44. The number of benzene rings is 1. The number of oxazole rings is 1. The van der Waals surface area contributed by atoms with E-state index >= 15 is 0 Å². The molecule has 3 nitrogen and oxygen atoms in total. The van der Waals surface area contributed by atoms with Crippen LogP contribution >= 0.6 is 11.8 Å². The van der Waals surface area contributed by atoms with Gasteiger partial charge in [0.15, 0.2) is 12.2 Å². The standard InChI is InChI=1S/C12H14N2OS/c1-13-7-11-12(15-8-14-11)9-3-5-10(16-2)6-4-9/h3-6,8,13H,7H2,1-2H3. The van der Waals surface area contributed by atoms with E-state index in [0.29, 0.717) is 0 Å². The van der Waals surface area contributed by atoms with Crippen LogP contribution in [0.15, 0.2) is 40.0 Å². The van der Waals surface area contributed by atoms with Crippen molar-refractivity contribution in [2.75, 3.05) is 13.3 Å².